The van der Waals surface area contributed by atoms with Gasteiger partial charge in [-0.3, -0.25) is 4.79 Å². The largest absolute Gasteiger partial charge is 0.497 e. The molecule has 4 rings (SSSR count). The van der Waals surface area contributed by atoms with Gasteiger partial charge in [0.2, 0.25) is 0 Å². The number of carboxylic acid groups (broad SMARTS) is 1. The van der Waals surface area contributed by atoms with Crippen molar-refractivity contribution >= 4 is 5.97 Å². The van der Waals surface area contributed by atoms with E-state index in [-0.39, 0.29) is 18.2 Å². The SMILES string of the molecule is COc1ccc(F)c(-c2ccc(COc3cccc([C@H](CC(=O)O)CC4CC4)c3)cc2CC(C)C)c1. The van der Waals surface area contributed by atoms with Crippen molar-refractivity contribution < 1.29 is 23.8 Å². The highest BCUT2D eigenvalue weighted by Crippen LogP contribution is 2.40. The third-order valence-corrected chi connectivity index (χ3v) is 6.73. The number of carbonyl (C=O) groups is 1. The summed E-state index contributed by atoms with van der Waals surface area (Å²) in [7, 11) is 1.58. The van der Waals surface area contributed by atoms with Crippen molar-refractivity contribution in [2.24, 2.45) is 11.8 Å². The van der Waals surface area contributed by atoms with Crippen LogP contribution in [0.4, 0.5) is 4.39 Å². The fourth-order valence-electron chi connectivity index (χ4n) is 4.77. The fraction of sp³-hybridized carbons (Fsp3) is 0.387. The number of halogens is 1. The molecule has 4 nitrogen and oxygen atoms in total. The Bertz CT molecular complexity index is 1200. The summed E-state index contributed by atoms with van der Waals surface area (Å²) in [6.07, 6.45) is 4.26. The van der Waals surface area contributed by atoms with Crippen molar-refractivity contribution in [2.45, 2.75) is 58.5 Å². The second kappa shape index (κ2) is 11.6. The van der Waals surface area contributed by atoms with Crippen molar-refractivity contribution in [1.29, 1.82) is 0 Å². The molecule has 0 spiro atoms. The molecule has 0 unspecified atom stereocenters. The monoisotopic (exact) mass is 490 g/mol. The van der Waals surface area contributed by atoms with Gasteiger partial charge >= 0.3 is 5.97 Å². The van der Waals surface area contributed by atoms with Gasteiger partial charge in [0, 0.05) is 5.56 Å². The topological polar surface area (TPSA) is 55.8 Å². The van der Waals surface area contributed by atoms with E-state index in [4.69, 9.17) is 9.47 Å². The molecule has 1 N–H and O–H groups in total. The van der Waals surface area contributed by atoms with Crippen LogP contribution in [0.15, 0.2) is 60.7 Å². The molecular weight excluding hydrogens is 455 g/mol. The van der Waals surface area contributed by atoms with Crippen molar-refractivity contribution in [1.82, 2.24) is 0 Å². The molecule has 0 aliphatic heterocycles. The molecule has 0 aromatic heterocycles. The Morgan fingerprint density at radius 1 is 1.03 bits per heavy atom. The van der Waals surface area contributed by atoms with E-state index in [9.17, 15) is 14.3 Å². The molecule has 0 bridgehead atoms. The van der Waals surface area contributed by atoms with Crippen molar-refractivity contribution in [3.05, 3.63) is 83.2 Å². The van der Waals surface area contributed by atoms with Crippen LogP contribution in [-0.4, -0.2) is 18.2 Å². The van der Waals surface area contributed by atoms with E-state index in [1.807, 2.05) is 36.4 Å². The van der Waals surface area contributed by atoms with Gasteiger partial charge in [0.1, 0.15) is 23.9 Å². The van der Waals surface area contributed by atoms with E-state index in [1.165, 1.54) is 18.9 Å². The van der Waals surface area contributed by atoms with Crippen molar-refractivity contribution in [3.63, 3.8) is 0 Å². The molecular formula is C31H35FO4. The van der Waals surface area contributed by atoms with E-state index in [1.54, 1.807) is 19.2 Å². The van der Waals surface area contributed by atoms with Crippen LogP contribution in [0.25, 0.3) is 11.1 Å². The lowest BCUT2D eigenvalue weighted by Gasteiger charge is -2.17. The maximum atomic E-state index is 14.7. The zero-order valence-electron chi connectivity index (χ0n) is 21.3. The highest BCUT2D eigenvalue weighted by molar-refractivity contribution is 5.70. The molecule has 0 amide bonds. The van der Waals surface area contributed by atoms with Gasteiger partial charge in [0.25, 0.3) is 0 Å². The van der Waals surface area contributed by atoms with Gasteiger partial charge < -0.3 is 14.6 Å². The number of carboxylic acids is 1. The minimum atomic E-state index is -0.766. The zero-order chi connectivity index (χ0) is 25.7. The fourth-order valence-corrected chi connectivity index (χ4v) is 4.77. The van der Waals surface area contributed by atoms with Gasteiger partial charge in [-0.05, 0) is 83.2 Å². The maximum Gasteiger partial charge on any atom is 0.303 e. The van der Waals surface area contributed by atoms with Crippen LogP contribution in [0.3, 0.4) is 0 Å². The van der Waals surface area contributed by atoms with Gasteiger partial charge in [-0.2, -0.15) is 0 Å². The third kappa shape index (κ3) is 6.87. The average Bonchev–Trinajstić information content (AvgIpc) is 3.67. The highest BCUT2D eigenvalue weighted by Gasteiger charge is 2.27. The molecule has 3 aromatic rings. The number of methoxy groups -OCH3 is 1. The molecule has 0 radical (unpaired) electrons. The lowest BCUT2D eigenvalue weighted by atomic mass is 9.90. The number of ether oxygens (including phenoxy) is 2. The van der Waals surface area contributed by atoms with Crippen molar-refractivity contribution in [2.75, 3.05) is 7.11 Å². The minimum Gasteiger partial charge on any atom is -0.497 e. The second-order valence-electron chi connectivity index (χ2n) is 10.3. The number of benzene rings is 3. The summed E-state index contributed by atoms with van der Waals surface area (Å²) in [6.45, 7) is 4.67. The highest BCUT2D eigenvalue weighted by atomic mass is 19.1. The Kier molecular flexibility index (Phi) is 8.29. The van der Waals surface area contributed by atoms with Crippen LogP contribution in [-0.2, 0) is 17.8 Å². The van der Waals surface area contributed by atoms with Crippen LogP contribution in [0.5, 0.6) is 11.5 Å². The van der Waals surface area contributed by atoms with E-state index >= 15 is 0 Å². The van der Waals surface area contributed by atoms with Gasteiger partial charge in [0.05, 0.1) is 13.5 Å². The van der Waals surface area contributed by atoms with E-state index < -0.39 is 5.97 Å². The Balaban J connectivity index is 1.54. The Morgan fingerprint density at radius 2 is 1.83 bits per heavy atom. The summed E-state index contributed by atoms with van der Waals surface area (Å²) in [5, 5.41) is 9.38. The Hall–Kier alpha value is -3.34. The maximum absolute atomic E-state index is 14.7. The predicted octanol–water partition coefficient (Wildman–Crippen LogP) is 7.64. The van der Waals surface area contributed by atoms with Gasteiger partial charge in [-0.15, -0.1) is 0 Å². The first-order valence-corrected chi connectivity index (χ1v) is 12.7. The first-order valence-electron chi connectivity index (χ1n) is 12.7. The van der Waals surface area contributed by atoms with Gasteiger partial charge in [-0.25, -0.2) is 4.39 Å². The van der Waals surface area contributed by atoms with Gasteiger partial charge in [-0.1, -0.05) is 57.0 Å². The van der Waals surface area contributed by atoms with Crippen LogP contribution in [0, 0.1) is 17.7 Å². The number of rotatable bonds is 12. The van der Waals surface area contributed by atoms with Gasteiger partial charge in [0.15, 0.2) is 0 Å². The number of hydrogen-bond acceptors (Lipinski definition) is 3. The second-order valence-corrected chi connectivity index (χ2v) is 10.3. The molecule has 1 fully saturated rings. The molecule has 1 atom stereocenters. The standard InChI is InChI=1S/C31H35FO4/c1-20(2)13-25-15-22(9-11-28(25)29-18-26(35-3)10-12-30(29)32)19-36-27-6-4-5-23(16-27)24(17-31(33)34)14-21-7-8-21/h4-6,9-12,15-16,18,20-21,24H,7-8,13-14,17,19H2,1-3H3,(H,33,34)/t24-/m0/s1. The summed E-state index contributed by atoms with van der Waals surface area (Å²) in [6, 6.07) is 18.7. The summed E-state index contributed by atoms with van der Waals surface area (Å²) in [5.41, 5.74) is 4.49. The number of hydrogen-bond donors (Lipinski definition) is 1. The summed E-state index contributed by atoms with van der Waals surface area (Å²) < 4.78 is 26.2. The van der Waals surface area contributed by atoms with E-state index in [2.05, 4.69) is 19.9 Å². The first kappa shape index (κ1) is 25.7. The molecule has 190 valence electrons. The molecule has 0 heterocycles. The van der Waals surface area contributed by atoms with E-state index in [0.717, 1.165) is 40.8 Å². The summed E-state index contributed by atoms with van der Waals surface area (Å²) in [4.78, 5) is 11.4. The molecule has 1 saturated carbocycles. The molecule has 36 heavy (non-hydrogen) atoms. The quantitative estimate of drug-likeness (QED) is 0.283. The smallest absolute Gasteiger partial charge is 0.303 e. The third-order valence-electron chi connectivity index (χ3n) is 6.73. The molecule has 0 saturated heterocycles. The zero-order valence-corrected chi connectivity index (χ0v) is 21.3. The lowest BCUT2D eigenvalue weighted by molar-refractivity contribution is -0.137. The molecule has 5 heteroatoms. The van der Waals surface area contributed by atoms with Crippen LogP contribution in [0.1, 0.15) is 62.1 Å². The minimum absolute atomic E-state index is 0.00763. The summed E-state index contributed by atoms with van der Waals surface area (Å²) >= 11 is 0. The van der Waals surface area contributed by atoms with Crippen LogP contribution in [0.2, 0.25) is 0 Å². The molecule has 1 aliphatic rings. The van der Waals surface area contributed by atoms with E-state index in [0.29, 0.717) is 29.8 Å². The predicted molar refractivity (Wildman–Crippen MR) is 140 cm³/mol. The molecule has 1 aliphatic carbocycles. The lowest BCUT2D eigenvalue weighted by Crippen LogP contribution is -2.08. The normalized spacial score (nSPS) is 14.0. The first-order chi connectivity index (χ1) is 17.3. The molecule has 3 aromatic carbocycles. The van der Waals surface area contributed by atoms with Crippen LogP contribution >= 0.6 is 0 Å². The summed E-state index contributed by atoms with van der Waals surface area (Å²) in [5.74, 6) is 1.37. The Labute approximate surface area is 213 Å². The Morgan fingerprint density at radius 3 is 2.53 bits per heavy atom. The number of aliphatic carboxylic acids is 1. The van der Waals surface area contributed by atoms with Crippen molar-refractivity contribution in [3.8, 4) is 22.6 Å². The van der Waals surface area contributed by atoms with Crippen LogP contribution < -0.4 is 9.47 Å². The average molecular weight is 491 g/mol.